The van der Waals surface area contributed by atoms with E-state index in [1.54, 1.807) is 24.4 Å². The molecule has 0 amide bonds. The zero-order valence-electron chi connectivity index (χ0n) is 13.0. The third kappa shape index (κ3) is 3.62. The Kier molecular flexibility index (Phi) is 4.68. The predicted octanol–water partition coefficient (Wildman–Crippen LogP) is 3.55. The highest BCUT2D eigenvalue weighted by Crippen LogP contribution is 2.26. The van der Waals surface area contributed by atoms with Crippen LogP contribution in [0.15, 0.2) is 48.6 Å². The Morgan fingerprint density at radius 3 is 3.08 bits per heavy atom. The summed E-state index contributed by atoms with van der Waals surface area (Å²) in [6.07, 6.45) is 5.02. The zero-order valence-corrected chi connectivity index (χ0v) is 13.0. The van der Waals surface area contributed by atoms with Crippen LogP contribution in [0.3, 0.4) is 0 Å². The van der Waals surface area contributed by atoms with Crippen LogP contribution in [0, 0.1) is 23.7 Å². The number of fused-ring (bicyclic) bond motifs is 1. The predicted molar refractivity (Wildman–Crippen MR) is 88.6 cm³/mol. The molecule has 7 heteroatoms. The maximum Gasteiger partial charge on any atom is 0.258 e. The van der Waals surface area contributed by atoms with E-state index in [0.717, 1.165) is 5.56 Å². The number of nitrogens with zero attached hydrogens (tertiary/aromatic N) is 4. The minimum Gasteiger partial charge on any atom is -0.472 e. The minimum atomic E-state index is -0.329. The first kappa shape index (κ1) is 16.2. The molecule has 0 fully saturated rings. The number of aromatic amines is 1. The van der Waals surface area contributed by atoms with Gasteiger partial charge < -0.3 is 9.72 Å². The normalized spacial score (nSPS) is 11.1. The van der Waals surface area contributed by atoms with Gasteiger partial charge in [0.25, 0.3) is 5.70 Å². The standard InChI is InChI=1S/C18H12FN5O/c1-21-15(8-20)6-5-13-9-22-17-16(13)18(24-11-23-17)25-10-12-3-2-4-14(19)7-12/h2-4,6-7,9,11H,5,10H2,(H,22,23,24)/b15-6-. The van der Waals surface area contributed by atoms with E-state index in [0.29, 0.717) is 28.9 Å². The van der Waals surface area contributed by atoms with Crippen LogP contribution in [0.4, 0.5) is 4.39 Å². The smallest absolute Gasteiger partial charge is 0.258 e. The lowest BCUT2D eigenvalue weighted by molar-refractivity contribution is 0.297. The van der Waals surface area contributed by atoms with Gasteiger partial charge in [-0.3, -0.25) is 0 Å². The summed E-state index contributed by atoms with van der Waals surface area (Å²) in [4.78, 5) is 14.4. The summed E-state index contributed by atoms with van der Waals surface area (Å²) < 4.78 is 19.0. The van der Waals surface area contributed by atoms with Crippen LogP contribution < -0.4 is 4.74 Å². The second-order valence-electron chi connectivity index (χ2n) is 5.15. The third-order valence-corrected chi connectivity index (χ3v) is 3.53. The van der Waals surface area contributed by atoms with Gasteiger partial charge in [-0.2, -0.15) is 0 Å². The van der Waals surface area contributed by atoms with Crippen molar-refractivity contribution in [1.29, 1.82) is 5.26 Å². The van der Waals surface area contributed by atoms with Gasteiger partial charge in [-0.1, -0.05) is 18.2 Å². The molecule has 0 aliphatic heterocycles. The van der Waals surface area contributed by atoms with E-state index < -0.39 is 0 Å². The van der Waals surface area contributed by atoms with E-state index in [1.807, 2.05) is 6.07 Å². The van der Waals surface area contributed by atoms with Crippen LogP contribution in [0.2, 0.25) is 0 Å². The molecule has 1 aromatic carbocycles. The molecule has 122 valence electrons. The molecule has 0 bridgehead atoms. The van der Waals surface area contributed by atoms with Gasteiger partial charge in [-0.05, 0) is 29.7 Å². The summed E-state index contributed by atoms with van der Waals surface area (Å²) in [5.41, 5.74) is 2.10. The number of nitriles is 1. The Bertz CT molecular complexity index is 1010. The summed E-state index contributed by atoms with van der Waals surface area (Å²) in [5, 5.41) is 9.51. The maximum atomic E-state index is 13.3. The fraction of sp³-hybridized carbons (Fsp3) is 0.111. The van der Waals surface area contributed by atoms with Crippen molar-refractivity contribution in [1.82, 2.24) is 15.0 Å². The number of hydrogen-bond donors (Lipinski definition) is 1. The Morgan fingerprint density at radius 2 is 2.32 bits per heavy atom. The van der Waals surface area contributed by atoms with Crippen molar-refractivity contribution in [2.45, 2.75) is 13.0 Å². The van der Waals surface area contributed by atoms with Crippen LogP contribution in [0.1, 0.15) is 11.1 Å². The van der Waals surface area contributed by atoms with Crippen molar-refractivity contribution in [2.24, 2.45) is 0 Å². The molecule has 2 aromatic heterocycles. The minimum absolute atomic E-state index is 0.0217. The Hall–Kier alpha value is -3.71. The first-order chi connectivity index (χ1) is 12.2. The summed E-state index contributed by atoms with van der Waals surface area (Å²) in [5.74, 6) is 0.0322. The fourth-order valence-corrected chi connectivity index (χ4v) is 2.37. The first-order valence-corrected chi connectivity index (χ1v) is 7.37. The average Bonchev–Trinajstić information content (AvgIpc) is 3.05. The van der Waals surface area contributed by atoms with E-state index in [9.17, 15) is 4.39 Å². The summed E-state index contributed by atoms with van der Waals surface area (Å²) >= 11 is 0. The molecule has 0 aliphatic rings. The molecule has 3 rings (SSSR count). The second kappa shape index (κ2) is 7.24. The number of nitrogens with one attached hydrogen (secondary N) is 1. The Balaban J connectivity index is 1.88. The highest BCUT2D eigenvalue weighted by atomic mass is 19.1. The van der Waals surface area contributed by atoms with Crippen LogP contribution in [0.25, 0.3) is 15.9 Å². The first-order valence-electron chi connectivity index (χ1n) is 7.37. The third-order valence-electron chi connectivity index (χ3n) is 3.53. The molecule has 6 nitrogen and oxygen atoms in total. The highest BCUT2D eigenvalue weighted by molar-refractivity contribution is 5.84. The topological polar surface area (TPSA) is 79.0 Å². The van der Waals surface area contributed by atoms with Gasteiger partial charge in [0.15, 0.2) is 0 Å². The van der Waals surface area contributed by atoms with Gasteiger partial charge >= 0.3 is 0 Å². The van der Waals surface area contributed by atoms with Gasteiger partial charge in [0.1, 0.15) is 24.4 Å². The maximum absolute atomic E-state index is 13.3. The number of halogens is 1. The zero-order chi connectivity index (χ0) is 17.6. The quantitative estimate of drug-likeness (QED) is 0.572. The van der Waals surface area contributed by atoms with Gasteiger partial charge in [0.05, 0.1) is 18.0 Å². The van der Waals surface area contributed by atoms with E-state index >= 15 is 0 Å². The molecule has 25 heavy (non-hydrogen) atoms. The Labute approximate surface area is 143 Å². The molecule has 0 atom stereocenters. The van der Waals surface area contributed by atoms with Crippen LogP contribution in [0.5, 0.6) is 5.88 Å². The number of H-pyrrole nitrogens is 1. The number of aromatic nitrogens is 3. The largest absolute Gasteiger partial charge is 0.472 e. The molecule has 0 unspecified atom stereocenters. The van der Waals surface area contributed by atoms with Crippen molar-refractivity contribution in [3.05, 3.63) is 76.9 Å². The number of ether oxygens (including phenoxy) is 1. The number of allylic oxidation sites excluding steroid dienone is 2. The Morgan fingerprint density at radius 1 is 1.44 bits per heavy atom. The molecule has 2 heterocycles. The SMILES string of the molecule is [C-]#[N+]/C(C#N)=C\Cc1c[nH]c2ncnc(OCc3cccc(F)c3)c12. The van der Waals surface area contributed by atoms with E-state index in [2.05, 4.69) is 19.8 Å². The monoisotopic (exact) mass is 333 g/mol. The van der Waals surface area contributed by atoms with Gasteiger partial charge in [-0.15, -0.1) is 0 Å². The molecular formula is C18H12FN5O. The van der Waals surface area contributed by atoms with Crippen molar-refractivity contribution in [3.8, 4) is 11.9 Å². The van der Waals surface area contributed by atoms with Crippen LogP contribution in [-0.2, 0) is 13.0 Å². The van der Waals surface area contributed by atoms with Gasteiger partial charge in [-0.25, -0.2) is 24.5 Å². The lowest BCUT2D eigenvalue weighted by atomic mass is 10.1. The van der Waals surface area contributed by atoms with Crippen LogP contribution >= 0.6 is 0 Å². The molecule has 0 radical (unpaired) electrons. The molecular weight excluding hydrogens is 321 g/mol. The van der Waals surface area contributed by atoms with Crippen molar-refractivity contribution in [2.75, 3.05) is 0 Å². The number of hydrogen-bond acceptors (Lipinski definition) is 4. The molecule has 0 saturated heterocycles. The molecule has 0 spiro atoms. The summed E-state index contributed by atoms with van der Waals surface area (Å²) in [7, 11) is 0. The number of rotatable bonds is 5. The lowest BCUT2D eigenvalue weighted by Gasteiger charge is -2.07. The summed E-state index contributed by atoms with van der Waals surface area (Å²) in [6, 6.07) is 7.97. The molecule has 3 aromatic rings. The van der Waals surface area contributed by atoms with Crippen LogP contribution in [-0.4, -0.2) is 15.0 Å². The van der Waals surface area contributed by atoms with Crippen molar-refractivity contribution < 1.29 is 9.13 Å². The van der Waals surface area contributed by atoms with Crippen molar-refractivity contribution in [3.63, 3.8) is 0 Å². The van der Waals surface area contributed by atoms with E-state index in [-0.39, 0.29) is 18.1 Å². The van der Waals surface area contributed by atoms with Gasteiger partial charge in [0.2, 0.25) is 5.88 Å². The molecule has 1 N–H and O–H groups in total. The number of benzene rings is 1. The highest BCUT2D eigenvalue weighted by Gasteiger charge is 2.12. The molecule has 0 saturated carbocycles. The van der Waals surface area contributed by atoms with Crippen molar-refractivity contribution >= 4 is 11.0 Å². The average molecular weight is 333 g/mol. The van der Waals surface area contributed by atoms with Gasteiger partial charge in [0, 0.05) is 6.20 Å². The van der Waals surface area contributed by atoms with E-state index in [4.69, 9.17) is 16.6 Å². The summed E-state index contributed by atoms with van der Waals surface area (Å²) in [6.45, 7) is 7.08. The molecule has 0 aliphatic carbocycles. The van der Waals surface area contributed by atoms with E-state index in [1.165, 1.54) is 18.5 Å². The fourth-order valence-electron chi connectivity index (χ4n) is 2.37. The lowest BCUT2D eigenvalue weighted by Crippen LogP contribution is -1.99. The second-order valence-corrected chi connectivity index (χ2v) is 5.15.